The second kappa shape index (κ2) is 9.01. The van der Waals surface area contributed by atoms with Crippen molar-refractivity contribution in [3.8, 4) is 22.3 Å². The molecule has 1 heterocycles. The Morgan fingerprint density at radius 1 is 0.800 bits per heavy atom. The number of fused-ring (bicyclic) bond motifs is 1. The molecule has 1 aromatic heterocycles. The quantitative estimate of drug-likeness (QED) is 0.308. The molecule has 3 heteroatoms. The Balaban J connectivity index is 1.74. The molecule has 0 fully saturated rings. The zero-order valence-corrected chi connectivity index (χ0v) is 19.0. The van der Waals surface area contributed by atoms with Crippen LogP contribution in [0, 0.1) is 5.92 Å². The van der Waals surface area contributed by atoms with Crippen LogP contribution in [0.25, 0.3) is 33.2 Å². The van der Waals surface area contributed by atoms with Crippen LogP contribution >= 0.6 is 11.9 Å². The lowest BCUT2D eigenvalue weighted by molar-refractivity contribution is 0.535. The van der Waals surface area contributed by atoms with Crippen LogP contribution in [0.5, 0.6) is 0 Å². The Labute approximate surface area is 184 Å². The Hall–Kier alpha value is -2.65. The molecule has 0 aliphatic carbocycles. The summed E-state index contributed by atoms with van der Waals surface area (Å²) in [6.45, 7) is 9.96. The molecule has 0 unspecified atom stereocenters. The summed E-state index contributed by atoms with van der Waals surface area (Å²) >= 11 is 1.74. The summed E-state index contributed by atoms with van der Waals surface area (Å²) in [6, 6.07) is 26.3. The van der Waals surface area contributed by atoms with E-state index in [4.69, 9.17) is 0 Å². The van der Waals surface area contributed by atoms with Crippen molar-refractivity contribution < 1.29 is 0 Å². The number of aromatic nitrogens is 1. The van der Waals surface area contributed by atoms with E-state index in [-0.39, 0.29) is 0 Å². The van der Waals surface area contributed by atoms with E-state index in [1.165, 1.54) is 33.2 Å². The van der Waals surface area contributed by atoms with E-state index in [2.05, 4.69) is 116 Å². The van der Waals surface area contributed by atoms with Crippen molar-refractivity contribution in [2.24, 2.45) is 5.92 Å². The van der Waals surface area contributed by atoms with E-state index in [1.54, 1.807) is 11.9 Å². The molecule has 0 aliphatic heterocycles. The molecular weight excluding hydrogens is 384 g/mol. The lowest BCUT2D eigenvalue weighted by Crippen LogP contribution is -2.02. The highest BCUT2D eigenvalue weighted by molar-refractivity contribution is 8.01. The third-order valence-electron chi connectivity index (χ3n) is 5.16. The van der Waals surface area contributed by atoms with Crippen LogP contribution in [-0.2, 0) is 6.54 Å². The molecule has 0 radical (unpaired) electrons. The first-order valence-corrected chi connectivity index (χ1v) is 11.6. The van der Waals surface area contributed by atoms with E-state index in [0.717, 1.165) is 12.2 Å². The molecule has 0 atom stereocenters. The van der Waals surface area contributed by atoms with Crippen LogP contribution in [0.4, 0.5) is 5.69 Å². The van der Waals surface area contributed by atoms with Crippen molar-refractivity contribution in [1.82, 2.24) is 4.57 Å². The number of hydrogen-bond acceptors (Lipinski definition) is 2. The average molecular weight is 415 g/mol. The highest BCUT2D eigenvalue weighted by Crippen LogP contribution is 2.34. The zero-order valence-electron chi connectivity index (χ0n) is 18.2. The first kappa shape index (κ1) is 20.6. The monoisotopic (exact) mass is 414 g/mol. The fourth-order valence-electron chi connectivity index (χ4n) is 3.78. The van der Waals surface area contributed by atoms with Crippen molar-refractivity contribution in [1.29, 1.82) is 0 Å². The van der Waals surface area contributed by atoms with E-state index >= 15 is 0 Å². The van der Waals surface area contributed by atoms with Crippen molar-refractivity contribution in [3.63, 3.8) is 0 Å². The van der Waals surface area contributed by atoms with Crippen LogP contribution in [-0.4, -0.2) is 9.82 Å². The van der Waals surface area contributed by atoms with Gasteiger partial charge in [0.05, 0.1) is 0 Å². The van der Waals surface area contributed by atoms with Crippen LogP contribution in [0.2, 0.25) is 0 Å². The second-order valence-corrected chi connectivity index (χ2v) is 9.92. The average Bonchev–Trinajstić information content (AvgIpc) is 3.10. The first-order valence-electron chi connectivity index (χ1n) is 10.7. The summed E-state index contributed by atoms with van der Waals surface area (Å²) in [6.07, 6.45) is 2.32. The van der Waals surface area contributed by atoms with E-state index < -0.39 is 0 Å². The van der Waals surface area contributed by atoms with Crippen LogP contribution in [0.15, 0.2) is 79.0 Å². The van der Waals surface area contributed by atoms with Crippen LogP contribution < -0.4 is 4.72 Å². The van der Waals surface area contributed by atoms with Gasteiger partial charge in [0.25, 0.3) is 0 Å². The van der Waals surface area contributed by atoms with Gasteiger partial charge in [-0.3, -0.25) is 0 Å². The fourth-order valence-corrected chi connectivity index (χ4v) is 4.29. The lowest BCUT2D eigenvalue weighted by Gasteiger charge is -2.09. The Kier molecular flexibility index (Phi) is 6.19. The molecule has 0 saturated carbocycles. The fraction of sp³-hybridized carbons (Fsp3) is 0.259. The number of benzene rings is 3. The van der Waals surface area contributed by atoms with Gasteiger partial charge >= 0.3 is 0 Å². The molecule has 2 nitrogen and oxygen atoms in total. The molecule has 3 aromatic carbocycles. The van der Waals surface area contributed by atoms with E-state index in [1.807, 2.05) is 0 Å². The summed E-state index contributed by atoms with van der Waals surface area (Å²) in [4.78, 5) is 0. The number of nitrogens with zero attached hydrogens (tertiary/aromatic N) is 1. The molecule has 30 heavy (non-hydrogen) atoms. The predicted octanol–water partition coefficient (Wildman–Crippen LogP) is 8.10. The van der Waals surface area contributed by atoms with Crippen molar-refractivity contribution in [3.05, 3.63) is 79.0 Å². The van der Waals surface area contributed by atoms with Crippen LogP contribution in [0.3, 0.4) is 0 Å². The van der Waals surface area contributed by atoms with E-state index in [0.29, 0.717) is 11.2 Å². The van der Waals surface area contributed by atoms with Crippen molar-refractivity contribution in [2.45, 2.75) is 39.5 Å². The van der Waals surface area contributed by atoms with Gasteiger partial charge in [-0.05, 0) is 52.8 Å². The third kappa shape index (κ3) is 4.57. The summed E-state index contributed by atoms with van der Waals surface area (Å²) in [5.41, 5.74) is 7.54. The van der Waals surface area contributed by atoms with E-state index in [9.17, 15) is 0 Å². The van der Waals surface area contributed by atoms with Gasteiger partial charge in [0.2, 0.25) is 0 Å². The molecule has 1 N–H and O–H groups in total. The predicted molar refractivity (Wildman–Crippen MR) is 134 cm³/mol. The number of rotatable bonds is 7. The van der Waals surface area contributed by atoms with Gasteiger partial charge in [-0.25, -0.2) is 0 Å². The highest BCUT2D eigenvalue weighted by Gasteiger charge is 2.13. The minimum Gasteiger partial charge on any atom is -0.347 e. The SMILES string of the molecule is CC(C)Cn1cc(-c2ccc(NSC(C)C)cc2)c2ccc(-c3ccccc3)cc21. The molecule has 4 aromatic rings. The van der Waals surface area contributed by atoms with Gasteiger partial charge in [-0.1, -0.05) is 82.3 Å². The van der Waals surface area contributed by atoms with Gasteiger partial charge in [-0.2, -0.15) is 0 Å². The smallest absolute Gasteiger partial charge is 0.0493 e. The normalized spacial score (nSPS) is 11.5. The number of anilines is 1. The topological polar surface area (TPSA) is 17.0 Å². The van der Waals surface area contributed by atoms with Gasteiger partial charge in [0.15, 0.2) is 0 Å². The summed E-state index contributed by atoms with van der Waals surface area (Å²) in [5, 5.41) is 1.87. The zero-order chi connectivity index (χ0) is 21.1. The molecule has 0 saturated heterocycles. The molecule has 154 valence electrons. The number of nitrogens with one attached hydrogen (secondary N) is 1. The second-order valence-electron chi connectivity index (χ2n) is 8.53. The summed E-state index contributed by atoms with van der Waals surface area (Å²) in [7, 11) is 0. The Bertz CT molecular complexity index is 1110. The molecule has 0 spiro atoms. The standard InChI is InChI=1S/C27H30N2S/c1-19(2)17-29-18-26(22-10-13-24(14-11-22)28-30-20(3)4)25-15-12-23(16-27(25)29)21-8-6-5-7-9-21/h5-16,18-20,28H,17H2,1-4H3. The van der Waals surface area contributed by atoms with Gasteiger partial charge in [0.1, 0.15) is 0 Å². The molecule has 0 amide bonds. The minimum absolute atomic E-state index is 0.553. The lowest BCUT2D eigenvalue weighted by atomic mass is 10.0. The molecule has 0 bridgehead atoms. The number of hydrogen-bond donors (Lipinski definition) is 1. The van der Waals surface area contributed by atoms with Crippen LogP contribution in [0.1, 0.15) is 27.7 Å². The molecular formula is C27H30N2S. The summed E-state index contributed by atoms with van der Waals surface area (Å²) in [5.74, 6) is 0.591. The van der Waals surface area contributed by atoms with Crippen molar-refractivity contribution >= 4 is 28.5 Å². The maximum Gasteiger partial charge on any atom is 0.0493 e. The largest absolute Gasteiger partial charge is 0.347 e. The maximum atomic E-state index is 3.43. The Morgan fingerprint density at radius 3 is 2.17 bits per heavy atom. The molecule has 0 aliphatic rings. The first-order chi connectivity index (χ1) is 14.5. The summed E-state index contributed by atoms with van der Waals surface area (Å²) < 4.78 is 5.85. The molecule has 4 rings (SSSR count). The van der Waals surface area contributed by atoms with Gasteiger partial charge < -0.3 is 9.29 Å². The van der Waals surface area contributed by atoms with Crippen molar-refractivity contribution in [2.75, 3.05) is 4.72 Å². The van der Waals surface area contributed by atoms with Gasteiger partial charge in [-0.15, -0.1) is 0 Å². The third-order valence-corrected chi connectivity index (χ3v) is 5.98. The maximum absolute atomic E-state index is 3.43. The van der Waals surface area contributed by atoms with Gasteiger partial charge in [0, 0.05) is 40.1 Å². The Morgan fingerprint density at radius 2 is 1.50 bits per heavy atom. The minimum atomic E-state index is 0.553. The highest BCUT2D eigenvalue weighted by atomic mass is 32.2.